The van der Waals surface area contributed by atoms with Crippen LogP contribution < -0.4 is 30.3 Å². The first-order chi connectivity index (χ1) is 41.9. The van der Waals surface area contributed by atoms with Crippen LogP contribution in [0.4, 0.5) is 0 Å². The van der Waals surface area contributed by atoms with Gasteiger partial charge in [0.2, 0.25) is 16.6 Å². The number of aromatic amines is 3. The zero-order valence-electron chi connectivity index (χ0n) is 50.8. The van der Waals surface area contributed by atoms with Crippen molar-refractivity contribution in [1.82, 2.24) is 0 Å². The average Bonchev–Trinajstić information content (AvgIpc) is 1.59. The molecule has 424 valence electrons. The third kappa shape index (κ3) is 10.3. The number of nitrogens with one attached hydrogen (secondary N) is 3. The fourth-order valence-corrected chi connectivity index (χ4v) is 16.1. The number of ether oxygens (including phenoxy) is 1. The number of para-hydroxylation sites is 3. The minimum absolute atomic E-state index is 0. The van der Waals surface area contributed by atoms with Gasteiger partial charge in [0, 0.05) is 34.4 Å². The van der Waals surface area contributed by atoms with Crippen LogP contribution >= 0.6 is 34.0 Å². The summed E-state index contributed by atoms with van der Waals surface area (Å²) in [7, 11) is 1.38. The number of nitrogens with zero attached hydrogens (tertiary/aromatic N) is 1. The number of hydrogen-bond donors (Lipinski definition) is 0. The Morgan fingerprint density at radius 2 is 0.778 bits per heavy atom. The predicted molar refractivity (Wildman–Crippen MR) is 361 cm³/mol. The van der Waals surface area contributed by atoms with E-state index in [4.69, 9.17) is 4.74 Å². The molecule has 3 heterocycles. The molecule has 90 heavy (non-hydrogen) atoms. The van der Waals surface area contributed by atoms with E-state index in [1.54, 1.807) is 52.2 Å². The number of thiazole rings is 3. The standard InChI is InChI=1S/C28H21NOS.C24H19NO3S.C23H16N2OS.3Be/c1-28(2)22-14-18(17-8-4-3-5-9-17)12-13-19(22)20-15-21(25(30)16-23(20)28)27-29-24-10-6-7-11-26(24)31-27;1-24(2)17-10-13(23(27)28-3)8-9-14(17)15-12-20(26)16(11-18(15)24)22-25-19-6-4-5-7-21(19)29-22;1-23(2)17-9-13(12-24)7-8-14(17)15-11-20(26)16(10-18(15)23)22-25-19-5-3-4-6-21(19)27-22;;;/h3-16,30H,1-2H3;4-12,26H,1-3H3;3-11,26H,1-2H3;;;/q;;;3*+2. The van der Waals surface area contributed by atoms with E-state index < -0.39 is 0 Å². The summed E-state index contributed by atoms with van der Waals surface area (Å²) in [5.41, 5.74) is 21.2. The molecule has 0 bridgehead atoms. The molecule has 0 saturated carbocycles. The number of H-pyrrole nitrogens is 3. The van der Waals surface area contributed by atoms with Gasteiger partial charge in [-0.1, -0.05) is 202 Å². The van der Waals surface area contributed by atoms with Gasteiger partial charge in [0.15, 0.2) is 0 Å². The number of aromatic nitrogens is 3. The van der Waals surface area contributed by atoms with Gasteiger partial charge in [-0.25, -0.2) is 4.79 Å². The molecule has 0 fully saturated rings. The predicted octanol–water partition coefficient (Wildman–Crippen LogP) is 14.5. The van der Waals surface area contributed by atoms with Crippen molar-refractivity contribution in [3.05, 3.63) is 239 Å². The van der Waals surface area contributed by atoms with E-state index in [1.807, 2.05) is 109 Å². The molecule has 0 radical (unpaired) electrons. The van der Waals surface area contributed by atoms with Gasteiger partial charge in [-0.15, -0.1) is 0 Å². The molecule has 0 atom stereocenters. The van der Waals surface area contributed by atoms with Crippen LogP contribution in [0, 0.1) is 11.3 Å². The summed E-state index contributed by atoms with van der Waals surface area (Å²) in [4.78, 5) is 22.2. The van der Waals surface area contributed by atoms with E-state index in [2.05, 4.69) is 129 Å². The first-order valence-electron chi connectivity index (χ1n) is 28.7. The van der Waals surface area contributed by atoms with E-state index in [9.17, 15) is 25.4 Å². The van der Waals surface area contributed by atoms with Crippen LogP contribution in [0.3, 0.4) is 0 Å². The van der Waals surface area contributed by atoms with Crippen LogP contribution in [0.15, 0.2) is 194 Å². The van der Waals surface area contributed by atoms with Crippen LogP contribution in [0.5, 0.6) is 17.2 Å². The summed E-state index contributed by atoms with van der Waals surface area (Å²) in [6.45, 7) is 13.0. The van der Waals surface area contributed by atoms with Crippen molar-refractivity contribution >= 4 is 101 Å². The summed E-state index contributed by atoms with van der Waals surface area (Å²) in [5.74, 6) is -0.271. The quantitative estimate of drug-likeness (QED) is 0.123. The molecule has 3 aliphatic rings. The van der Waals surface area contributed by atoms with Crippen LogP contribution in [0.25, 0.3) is 107 Å². The molecule has 3 N–H and O–H groups in total. The van der Waals surface area contributed by atoms with Gasteiger partial charge >= 0.3 is 36.3 Å². The molecule has 9 nitrogen and oxygen atoms in total. The molecule has 0 unspecified atom stereocenters. The second-order valence-corrected chi connectivity index (χ2v) is 27.1. The molecule has 13 aromatic rings. The number of esters is 1. The van der Waals surface area contributed by atoms with E-state index >= 15 is 0 Å². The first-order valence-corrected chi connectivity index (χ1v) is 31.1. The van der Waals surface area contributed by atoms with Gasteiger partial charge in [-0.05, 0) is 145 Å². The molecule has 0 amide bonds. The van der Waals surface area contributed by atoms with Crippen LogP contribution in [0.1, 0.15) is 90.8 Å². The van der Waals surface area contributed by atoms with Crippen molar-refractivity contribution < 1.29 is 39.8 Å². The number of carbonyl (C=O) groups is 1. The molecule has 16 rings (SSSR count). The third-order valence-electron chi connectivity index (χ3n) is 17.8. The van der Waals surface area contributed by atoms with Gasteiger partial charge in [-0.3, -0.25) is 0 Å². The molecular formula is C75H56Be3N4O5S3+6. The summed E-state index contributed by atoms with van der Waals surface area (Å²) >= 11 is 4.82. The van der Waals surface area contributed by atoms with Crippen LogP contribution in [-0.4, -0.2) is 43.4 Å². The topological polar surface area (TPSA) is 162 Å². The number of nitriles is 1. The maximum absolute atomic E-state index is 13.2. The van der Waals surface area contributed by atoms with Gasteiger partial charge in [0.1, 0.15) is 14.1 Å². The Labute approximate surface area is 545 Å². The van der Waals surface area contributed by atoms with E-state index in [0.717, 1.165) is 101 Å². The van der Waals surface area contributed by atoms with Crippen LogP contribution in [0.2, 0.25) is 0 Å². The molecule has 15 heteroatoms. The van der Waals surface area contributed by atoms with Crippen molar-refractivity contribution in [1.29, 1.82) is 5.26 Å². The molecule has 0 aliphatic heterocycles. The van der Waals surface area contributed by atoms with Gasteiger partial charge in [-0.2, -0.15) is 20.2 Å². The summed E-state index contributed by atoms with van der Waals surface area (Å²) < 4.78 is 8.28. The summed E-state index contributed by atoms with van der Waals surface area (Å²) in [5, 5.41) is 51.0. The second kappa shape index (κ2) is 23.6. The summed E-state index contributed by atoms with van der Waals surface area (Å²) in [6.07, 6.45) is 0. The number of carbonyl (C=O) groups excluding carboxylic acids is 1. The monoisotopic (exact) mass is 1220 g/mol. The van der Waals surface area contributed by atoms with Gasteiger partial charge < -0.3 is 20.1 Å². The van der Waals surface area contributed by atoms with Crippen molar-refractivity contribution in [2.24, 2.45) is 0 Å². The molecular weight excluding hydrogens is 1160 g/mol. The van der Waals surface area contributed by atoms with Gasteiger partial charge in [0.05, 0.1) is 41.0 Å². The Morgan fingerprint density at radius 3 is 1.24 bits per heavy atom. The second-order valence-electron chi connectivity index (χ2n) is 24.0. The third-order valence-corrected chi connectivity index (χ3v) is 21.1. The fourth-order valence-electron chi connectivity index (χ4n) is 13.1. The van der Waals surface area contributed by atoms with E-state index in [1.165, 1.54) is 34.9 Å². The minimum Gasteiger partial charge on any atom is -0.872 e. The average molecular weight is 1220 g/mol. The van der Waals surface area contributed by atoms with Crippen molar-refractivity contribution in [3.63, 3.8) is 0 Å². The normalized spacial score (nSPS) is 13.4. The number of hydrogen-bond acceptors (Lipinski definition) is 9. The minimum atomic E-state index is -0.357. The molecule has 3 aliphatic carbocycles. The molecule has 0 saturated heterocycles. The maximum atomic E-state index is 13.2. The van der Waals surface area contributed by atoms with E-state index in [-0.39, 0.29) is 69.8 Å². The Balaban J connectivity index is 0.000000137. The molecule has 3 aromatic heterocycles. The number of rotatable bonds is 5. The Hall–Kier alpha value is -9.26. The largest absolute Gasteiger partial charge is 2.00 e. The Morgan fingerprint density at radius 1 is 0.400 bits per heavy atom. The van der Waals surface area contributed by atoms with Crippen molar-refractivity contribution in [2.45, 2.75) is 57.8 Å². The fraction of sp³-hybridized carbons (Fsp3) is 0.133. The zero-order valence-corrected chi connectivity index (χ0v) is 53.3. The van der Waals surface area contributed by atoms with Crippen LogP contribution in [-0.2, 0) is 21.0 Å². The maximum Gasteiger partial charge on any atom is 2.00 e. The van der Waals surface area contributed by atoms with E-state index in [0.29, 0.717) is 22.3 Å². The number of fused-ring (bicyclic) bond motifs is 12. The molecule has 0 spiro atoms. The van der Waals surface area contributed by atoms with Gasteiger partial charge in [0.25, 0.3) is 15.0 Å². The Kier molecular flexibility index (Phi) is 16.3. The number of benzene rings is 10. The zero-order chi connectivity index (χ0) is 60.3. The molecule has 10 aromatic carbocycles. The first kappa shape index (κ1) is 62.3. The van der Waals surface area contributed by atoms with Crippen molar-refractivity contribution in [2.75, 3.05) is 7.11 Å². The van der Waals surface area contributed by atoms with Crippen molar-refractivity contribution in [3.8, 4) is 99.5 Å². The summed E-state index contributed by atoms with van der Waals surface area (Å²) in [6, 6.07) is 66.4. The Bertz CT molecular complexity index is 4960. The number of methoxy groups -OCH3 is 1. The smallest absolute Gasteiger partial charge is 0.872 e. The SMILES string of the molecule is CC1(C)c2cc(-c3ccccc3)ccc2-c2cc(-c3[nH+]c4ccccc4s3)c([O-])cc21.CC1(C)c2cc(C#N)ccc2-c2cc([O-])c(-c3[nH+]c4ccccc4s3)cc21.COC(=O)c1ccc2c(c1)C(C)(C)c1cc(-c3[nH+]c4ccccc4s3)c([O-])cc1-2.[Be+2].[Be+2].[Be+2].